The highest BCUT2D eigenvalue weighted by atomic mass is 16.8. The first-order valence-corrected chi connectivity index (χ1v) is 27.3. The Morgan fingerprint density at radius 2 is 1.10 bits per heavy atom. The van der Waals surface area contributed by atoms with E-state index in [2.05, 4.69) is 40.7 Å². The van der Waals surface area contributed by atoms with Crippen molar-refractivity contribution in [2.75, 3.05) is 19.8 Å². The molecule has 0 aromatic heterocycles. The molecule has 0 aromatic rings. The molecule has 5 aliphatic carbocycles. The maximum Gasteiger partial charge on any atom is 0.335 e. The fraction of sp³-hybridized carbons (Fsp3) is 0.925. The van der Waals surface area contributed by atoms with Crippen LogP contribution in [0.3, 0.4) is 0 Å². The fourth-order valence-electron chi connectivity index (χ4n) is 16.0. The molecule has 0 bridgehead atoms. The lowest BCUT2D eigenvalue weighted by Crippen LogP contribution is -2.69. The number of aliphatic carboxylic acids is 1. The molecule has 8 fully saturated rings. The number of carbonyl (C=O) groups excluding carboxylic acids is 1. The van der Waals surface area contributed by atoms with E-state index in [1.165, 1.54) is 5.57 Å². The second-order valence-corrected chi connectivity index (χ2v) is 25.9. The van der Waals surface area contributed by atoms with Crippen molar-refractivity contribution in [3.05, 3.63) is 11.6 Å². The predicted octanol–water partition coefficient (Wildman–Crippen LogP) is -2.54. The van der Waals surface area contributed by atoms with Gasteiger partial charge in [-0.25, -0.2) is 4.79 Å². The van der Waals surface area contributed by atoms with Gasteiger partial charge in [0, 0.05) is 17.8 Å². The molecule has 4 aliphatic heterocycles. The van der Waals surface area contributed by atoms with Crippen LogP contribution in [0.25, 0.3) is 0 Å². The molecule has 77 heavy (non-hydrogen) atoms. The fourth-order valence-corrected chi connectivity index (χ4v) is 16.0. The van der Waals surface area contributed by atoms with E-state index in [1.54, 1.807) is 0 Å². The van der Waals surface area contributed by atoms with Gasteiger partial charge in [-0.1, -0.05) is 60.1 Å². The van der Waals surface area contributed by atoms with Crippen molar-refractivity contribution in [3.8, 4) is 0 Å². The Morgan fingerprint density at radius 1 is 0.584 bits per heavy atom. The van der Waals surface area contributed by atoms with Crippen molar-refractivity contribution >= 4 is 11.8 Å². The molecule has 0 amide bonds. The van der Waals surface area contributed by atoms with Gasteiger partial charge in [0.2, 0.25) is 0 Å². The number of ketones is 1. The highest BCUT2D eigenvalue weighted by Crippen LogP contribution is 2.74. The lowest BCUT2D eigenvalue weighted by atomic mass is 9.34. The van der Waals surface area contributed by atoms with Gasteiger partial charge in [0.05, 0.1) is 25.9 Å². The van der Waals surface area contributed by atoms with Gasteiger partial charge in [0.25, 0.3) is 0 Å². The Hall–Kier alpha value is -1.96. The average Bonchev–Trinajstić information content (AvgIpc) is 3.51. The van der Waals surface area contributed by atoms with Crippen LogP contribution in [0, 0.1) is 44.8 Å². The molecule has 24 heteroatoms. The molecule has 9 aliphatic rings. The highest BCUT2D eigenvalue weighted by molar-refractivity contribution is 5.91. The van der Waals surface area contributed by atoms with Gasteiger partial charge >= 0.3 is 5.97 Å². The van der Waals surface area contributed by atoms with E-state index in [1.807, 2.05) is 13.8 Å². The summed E-state index contributed by atoms with van der Waals surface area (Å²) in [6, 6.07) is 0. The van der Waals surface area contributed by atoms with E-state index >= 15 is 0 Å². The number of Topliss-reactive ketones (excluding diaryl/α,β-unsaturated/α-hetero) is 1. The first-order valence-electron chi connectivity index (χ1n) is 27.3. The maximum absolute atomic E-state index is 14.3. The normalized spacial score (nSPS) is 53.5. The number of aliphatic hydroxyl groups is 13. The van der Waals surface area contributed by atoms with Gasteiger partial charge < -0.3 is 109 Å². The van der Waals surface area contributed by atoms with Crippen molar-refractivity contribution in [2.24, 2.45) is 44.8 Å². The first kappa shape index (κ1) is 59.7. The van der Waals surface area contributed by atoms with Gasteiger partial charge in [0.1, 0.15) is 97.2 Å². The molecule has 0 radical (unpaired) electrons. The minimum absolute atomic E-state index is 0.0530. The third-order valence-electron chi connectivity index (χ3n) is 20.8. The SMILES string of the molecule is CC1(C)CC[C@]2(O)C(=O)C[C@]3(C)C(=CC[C@@H]4[C@@]5(C)CC[C@H](O[C@@H]6O[C@H](C(=O)O)[C@@H](O)[C@H](O[C@@H]7O[C@H](CO)[C@@H](O)[C@H](O)[C@H]7O[C@@H]7O[C@H](CO)[C@@H](O)[C@H](O)[C@H]7O)[C@H]6O[C@H]6O[C@@H](CO)[C@H](O)[C@@H](O)[C@@H]6O)C(C)(C)[C@@H]5CC[C@]43C)[C@@H]2C1. The zero-order chi connectivity index (χ0) is 56.4. The molecule has 0 aromatic carbocycles. The quantitative estimate of drug-likeness (QED) is 0.0707. The largest absolute Gasteiger partial charge is 0.479 e. The lowest BCUT2D eigenvalue weighted by molar-refractivity contribution is -0.407. The Balaban J connectivity index is 1.05. The van der Waals surface area contributed by atoms with Crippen LogP contribution in [-0.4, -0.2) is 238 Å². The Morgan fingerprint density at radius 3 is 1.66 bits per heavy atom. The standard InChI is InChI=1S/C53H84O24/c1-48(2)14-15-53(69)22(16-48)21-8-9-27-50(5)12-11-29(49(3,4)26(50)10-13-51(27,6)52(21,7)17-28(53)57)73-47-42(77-45-37(65)34(62)31(59)24(19-55)71-45)39(38(66)40(75-47)43(67)68)74-46-41(35(63)32(60)25(20-56)72-46)76-44-36(64)33(61)30(58)23(18-54)70-44/h8,22-27,29-42,44-47,54-56,58-66,69H,9-20H2,1-7H3,(H,67,68)/t22-,23+,24-,25+,26-,27+,29-,30+,31-,32+,33-,34+,35-,36+,37-,38-,39-,40-,41+,42+,44-,45+,46-,47+,50-,51+,52+,53+/m0/s1. The van der Waals surface area contributed by atoms with E-state index in [0.29, 0.717) is 32.1 Å². The van der Waals surface area contributed by atoms with Crippen LogP contribution in [0.2, 0.25) is 0 Å². The smallest absolute Gasteiger partial charge is 0.335 e. The molecule has 9 rings (SSSR count). The van der Waals surface area contributed by atoms with Gasteiger partial charge in [-0.3, -0.25) is 4.79 Å². The molecule has 0 unspecified atom stereocenters. The molecule has 0 spiro atoms. The Bertz CT molecular complexity index is 2180. The number of carboxylic acid groups (broad SMARTS) is 1. The number of fused-ring (bicyclic) bond motifs is 7. The second kappa shape index (κ2) is 21.3. The summed E-state index contributed by atoms with van der Waals surface area (Å²) in [5.74, 6) is -2.07. The number of carboxylic acids is 1. The van der Waals surface area contributed by atoms with Gasteiger partial charge in [-0.15, -0.1) is 0 Å². The van der Waals surface area contributed by atoms with Crippen LogP contribution < -0.4 is 0 Å². The molecule has 440 valence electrons. The number of allylic oxidation sites excluding steroid dienone is 1. The van der Waals surface area contributed by atoms with E-state index in [0.717, 1.165) is 19.3 Å². The van der Waals surface area contributed by atoms with Crippen LogP contribution in [0.4, 0.5) is 0 Å². The van der Waals surface area contributed by atoms with Crippen LogP contribution in [0.15, 0.2) is 11.6 Å². The van der Waals surface area contributed by atoms with Crippen molar-refractivity contribution in [1.82, 2.24) is 0 Å². The summed E-state index contributed by atoms with van der Waals surface area (Å²) in [5, 5.41) is 152. The third kappa shape index (κ3) is 9.70. The molecule has 14 N–H and O–H groups in total. The molecule has 4 saturated heterocycles. The highest BCUT2D eigenvalue weighted by Gasteiger charge is 2.71. The molecular weight excluding hydrogens is 1020 g/mol. The van der Waals surface area contributed by atoms with Gasteiger partial charge in [-0.05, 0) is 84.9 Å². The van der Waals surface area contributed by atoms with E-state index < -0.39 is 171 Å². The predicted molar refractivity (Wildman–Crippen MR) is 259 cm³/mol. The topological polar surface area (TPSA) is 391 Å². The lowest BCUT2D eigenvalue weighted by Gasteiger charge is -2.71. The van der Waals surface area contributed by atoms with Crippen molar-refractivity contribution < 1.29 is 119 Å². The monoisotopic (exact) mass is 1100 g/mol. The van der Waals surface area contributed by atoms with Crippen molar-refractivity contribution in [3.63, 3.8) is 0 Å². The van der Waals surface area contributed by atoms with Crippen LogP contribution in [0.1, 0.15) is 106 Å². The van der Waals surface area contributed by atoms with Crippen molar-refractivity contribution in [2.45, 2.75) is 241 Å². The van der Waals surface area contributed by atoms with E-state index in [4.69, 9.17) is 37.9 Å². The van der Waals surface area contributed by atoms with Gasteiger partial charge in [0.15, 0.2) is 37.0 Å². The zero-order valence-corrected chi connectivity index (χ0v) is 44.8. The zero-order valence-electron chi connectivity index (χ0n) is 44.8. The summed E-state index contributed by atoms with van der Waals surface area (Å²) in [5.41, 5.74) is -2.24. The van der Waals surface area contributed by atoms with Gasteiger partial charge in [-0.2, -0.15) is 0 Å². The number of rotatable bonds is 12. The Kier molecular flexibility index (Phi) is 16.5. The number of aliphatic hydroxyl groups excluding tert-OH is 12. The van der Waals surface area contributed by atoms with Crippen LogP contribution >= 0.6 is 0 Å². The molecular formula is C53H84O24. The molecule has 28 atom stereocenters. The number of ether oxygens (including phenoxy) is 8. The Labute approximate surface area is 446 Å². The van der Waals surface area contributed by atoms with E-state index in [-0.39, 0.29) is 46.2 Å². The third-order valence-corrected chi connectivity index (χ3v) is 20.8. The summed E-state index contributed by atoms with van der Waals surface area (Å²) in [7, 11) is 0. The number of hydrogen-bond acceptors (Lipinski definition) is 23. The number of hydrogen-bond donors (Lipinski definition) is 14. The summed E-state index contributed by atoms with van der Waals surface area (Å²) in [4.78, 5) is 27.4. The molecule has 4 saturated carbocycles. The summed E-state index contributed by atoms with van der Waals surface area (Å²) < 4.78 is 48.7. The molecule has 24 nitrogen and oxygen atoms in total. The number of carbonyl (C=O) groups is 2. The second-order valence-electron chi connectivity index (χ2n) is 25.9. The van der Waals surface area contributed by atoms with Crippen LogP contribution in [-0.2, 0) is 47.5 Å². The summed E-state index contributed by atoms with van der Waals surface area (Å²) in [6.45, 7) is 12.6. The minimum atomic E-state index is -2.28. The minimum Gasteiger partial charge on any atom is -0.479 e. The van der Waals surface area contributed by atoms with E-state index in [9.17, 15) is 81.1 Å². The van der Waals surface area contributed by atoms with Crippen molar-refractivity contribution in [1.29, 1.82) is 0 Å². The first-order chi connectivity index (χ1) is 35.9. The maximum atomic E-state index is 14.3. The summed E-state index contributed by atoms with van der Waals surface area (Å²) >= 11 is 0. The summed E-state index contributed by atoms with van der Waals surface area (Å²) in [6.07, 6.45) is -32.2. The average molecular weight is 1110 g/mol. The molecule has 4 heterocycles. The van der Waals surface area contributed by atoms with Crippen LogP contribution in [0.5, 0.6) is 0 Å².